The number of amides is 1. The monoisotopic (exact) mass is 483 g/mol. The zero-order chi connectivity index (χ0) is 24.1. The fourth-order valence-corrected chi connectivity index (χ4v) is 5.26. The Kier molecular flexibility index (Phi) is 7.97. The lowest BCUT2D eigenvalue weighted by molar-refractivity contribution is 0.0787. The van der Waals surface area contributed by atoms with Crippen molar-refractivity contribution in [2.24, 2.45) is 0 Å². The first kappa shape index (κ1) is 24.4. The van der Waals surface area contributed by atoms with Gasteiger partial charge < -0.3 is 9.42 Å². The highest BCUT2D eigenvalue weighted by Gasteiger charge is 2.25. The second kappa shape index (κ2) is 11.1. The van der Waals surface area contributed by atoms with E-state index in [1.54, 1.807) is 17.2 Å². The Morgan fingerprint density at radius 3 is 2.76 bits per heavy atom. The summed E-state index contributed by atoms with van der Waals surface area (Å²) in [5, 5.41) is 4.71. The highest BCUT2D eigenvalue weighted by Crippen LogP contribution is 2.28. The van der Waals surface area contributed by atoms with E-state index in [2.05, 4.69) is 21.0 Å². The first-order chi connectivity index (χ1) is 16.4. The van der Waals surface area contributed by atoms with Crippen molar-refractivity contribution in [3.8, 4) is 0 Å². The van der Waals surface area contributed by atoms with Crippen LogP contribution < -0.4 is 10.9 Å². The third kappa shape index (κ3) is 5.84. The Balaban J connectivity index is 1.27. The molecular weight excluding hydrogens is 453 g/mol. The molecule has 4 rings (SSSR count). The van der Waals surface area contributed by atoms with Crippen molar-refractivity contribution in [3.63, 3.8) is 0 Å². The van der Waals surface area contributed by atoms with Crippen molar-refractivity contribution < 1.29 is 13.7 Å². The molecule has 1 saturated heterocycles. The number of hydrogen-bond acceptors (Lipinski definition) is 7. The summed E-state index contributed by atoms with van der Waals surface area (Å²) in [6.45, 7) is 4.47. The molecule has 1 aromatic carbocycles. The number of pyridine rings is 1. The van der Waals surface area contributed by atoms with E-state index in [1.807, 2.05) is 39.1 Å². The molecule has 3 heterocycles. The summed E-state index contributed by atoms with van der Waals surface area (Å²) in [7, 11) is 1.83. The van der Waals surface area contributed by atoms with Gasteiger partial charge in [-0.2, -0.15) is 0 Å². The zero-order valence-corrected chi connectivity index (χ0v) is 20.5. The van der Waals surface area contributed by atoms with Gasteiger partial charge in [0.2, 0.25) is 0 Å². The number of hydrogen-bond donors (Lipinski definition) is 2. The fraction of sp³-hybridized carbons (Fsp3) is 0.400. The normalized spacial score (nSPS) is 17.8. The van der Waals surface area contributed by atoms with E-state index in [-0.39, 0.29) is 17.8 Å². The molecule has 2 aromatic heterocycles. The SMILES string of the molecule is Cc1noc(C)c1CSc1ncccc1C(=O)N(C)CCCC1CC(c2ccc(F)cc2)NN1. The van der Waals surface area contributed by atoms with Crippen LogP contribution in [0.1, 0.15) is 58.2 Å². The molecule has 1 aliphatic heterocycles. The van der Waals surface area contributed by atoms with Crippen LogP contribution in [0, 0.1) is 19.7 Å². The lowest BCUT2D eigenvalue weighted by Gasteiger charge is -2.19. The van der Waals surface area contributed by atoms with E-state index in [9.17, 15) is 9.18 Å². The molecule has 1 fully saturated rings. The van der Waals surface area contributed by atoms with Crippen LogP contribution >= 0.6 is 11.8 Å². The molecule has 1 aliphatic rings. The summed E-state index contributed by atoms with van der Waals surface area (Å²) < 4.78 is 18.4. The minimum atomic E-state index is -0.224. The van der Waals surface area contributed by atoms with Gasteiger partial charge in [-0.1, -0.05) is 17.3 Å². The largest absolute Gasteiger partial charge is 0.361 e. The lowest BCUT2D eigenvalue weighted by atomic mass is 9.99. The van der Waals surface area contributed by atoms with Crippen LogP contribution in [-0.2, 0) is 5.75 Å². The highest BCUT2D eigenvalue weighted by atomic mass is 32.2. The van der Waals surface area contributed by atoms with Crippen LogP contribution in [0.4, 0.5) is 4.39 Å². The molecule has 7 nitrogen and oxygen atoms in total. The summed E-state index contributed by atoms with van der Waals surface area (Å²) in [6.07, 6.45) is 4.44. The van der Waals surface area contributed by atoms with Gasteiger partial charge in [0.05, 0.1) is 11.3 Å². The molecular formula is C25H30FN5O2S. The van der Waals surface area contributed by atoms with Crippen LogP contribution in [0.3, 0.4) is 0 Å². The first-order valence-electron chi connectivity index (χ1n) is 11.4. The molecule has 0 saturated carbocycles. The average molecular weight is 484 g/mol. The molecule has 2 N–H and O–H groups in total. The van der Waals surface area contributed by atoms with Gasteiger partial charge in [-0.15, -0.1) is 11.8 Å². The molecule has 0 radical (unpaired) electrons. The van der Waals surface area contributed by atoms with Crippen molar-refractivity contribution >= 4 is 17.7 Å². The number of carbonyl (C=O) groups excluding carboxylic acids is 1. The predicted octanol–water partition coefficient (Wildman–Crippen LogP) is 4.58. The molecule has 2 atom stereocenters. The third-order valence-corrected chi connectivity index (χ3v) is 7.21. The fourth-order valence-electron chi connectivity index (χ4n) is 4.12. The number of benzene rings is 1. The van der Waals surface area contributed by atoms with Crippen molar-refractivity contribution in [1.82, 2.24) is 25.9 Å². The first-order valence-corrected chi connectivity index (χ1v) is 12.4. The number of nitrogens with one attached hydrogen (secondary N) is 2. The number of nitrogens with zero attached hydrogens (tertiary/aromatic N) is 3. The van der Waals surface area contributed by atoms with Crippen LogP contribution in [0.5, 0.6) is 0 Å². The molecule has 9 heteroatoms. The summed E-state index contributed by atoms with van der Waals surface area (Å²) in [6, 6.07) is 10.7. The molecule has 3 aromatic rings. The lowest BCUT2D eigenvalue weighted by Crippen LogP contribution is -2.32. The summed E-state index contributed by atoms with van der Waals surface area (Å²) in [4.78, 5) is 19.3. The maximum absolute atomic E-state index is 13.2. The van der Waals surface area contributed by atoms with Gasteiger partial charge >= 0.3 is 0 Å². The second-order valence-electron chi connectivity index (χ2n) is 8.64. The Morgan fingerprint density at radius 1 is 1.24 bits per heavy atom. The smallest absolute Gasteiger partial charge is 0.256 e. The number of aromatic nitrogens is 2. The topological polar surface area (TPSA) is 83.3 Å². The number of hydrazine groups is 1. The Morgan fingerprint density at radius 2 is 2.03 bits per heavy atom. The van der Waals surface area contributed by atoms with Crippen LogP contribution in [0.25, 0.3) is 0 Å². The van der Waals surface area contributed by atoms with Gasteiger partial charge in [-0.05, 0) is 62.9 Å². The number of carbonyl (C=O) groups is 1. The number of rotatable bonds is 9. The van der Waals surface area contributed by atoms with Gasteiger partial charge in [-0.25, -0.2) is 9.37 Å². The number of aryl methyl sites for hydroxylation is 2. The van der Waals surface area contributed by atoms with Gasteiger partial charge in [0, 0.05) is 43.2 Å². The van der Waals surface area contributed by atoms with Gasteiger partial charge in [0.25, 0.3) is 5.91 Å². The molecule has 0 bridgehead atoms. The minimum absolute atomic E-state index is 0.0314. The Labute approximate surface area is 203 Å². The molecule has 1 amide bonds. The maximum atomic E-state index is 13.2. The third-order valence-electron chi connectivity index (χ3n) is 6.18. The van der Waals surface area contributed by atoms with Gasteiger partial charge in [0.1, 0.15) is 16.6 Å². The van der Waals surface area contributed by atoms with Crippen molar-refractivity contribution in [1.29, 1.82) is 0 Å². The molecule has 2 unspecified atom stereocenters. The zero-order valence-electron chi connectivity index (χ0n) is 19.7. The Hall–Kier alpha value is -2.75. The van der Waals surface area contributed by atoms with E-state index < -0.39 is 0 Å². The quantitative estimate of drug-likeness (QED) is 0.431. The van der Waals surface area contributed by atoms with Gasteiger partial charge in [0.15, 0.2) is 0 Å². The molecule has 0 aliphatic carbocycles. The van der Waals surface area contributed by atoms with Gasteiger partial charge in [-0.3, -0.25) is 15.6 Å². The maximum Gasteiger partial charge on any atom is 0.256 e. The second-order valence-corrected chi connectivity index (χ2v) is 9.61. The summed E-state index contributed by atoms with van der Waals surface area (Å²) in [5.41, 5.74) is 10.2. The van der Waals surface area contributed by atoms with E-state index in [0.29, 0.717) is 28.9 Å². The average Bonchev–Trinajstić information content (AvgIpc) is 3.44. The standard InChI is InChI=1S/C25H30FN5O2S/c1-16-22(17(2)33-30-16)15-34-24-21(7-4-12-27-24)25(32)31(3)13-5-6-20-14-23(29-28-20)18-8-10-19(26)11-9-18/h4,7-12,20,23,28-29H,5-6,13-15H2,1-3H3. The van der Waals surface area contributed by atoms with E-state index in [4.69, 9.17) is 4.52 Å². The van der Waals surface area contributed by atoms with Crippen molar-refractivity contribution in [3.05, 3.63) is 76.6 Å². The van der Waals surface area contributed by atoms with Crippen LogP contribution in [-0.4, -0.2) is 40.6 Å². The highest BCUT2D eigenvalue weighted by molar-refractivity contribution is 7.98. The number of thioether (sulfide) groups is 1. The molecule has 34 heavy (non-hydrogen) atoms. The van der Waals surface area contributed by atoms with Crippen molar-refractivity contribution in [2.75, 3.05) is 13.6 Å². The minimum Gasteiger partial charge on any atom is -0.361 e. The van der Waals surface area contributed by atoms with Crippen molar-refractivity contribution in [2.45, 2.75) is 56.0 Å². The number of halogens is 1. The summed E-state index contributed by atoms with van der Waals surface area (Å²) >= 11 is 1.52. The predicted molar refractivity (Wildman–Crippen MR) is 130 cm³/mol. The molecule has 180 valence electrons. The molecule has 0 spiro atoms. The van der Waals surface area contributed by atoms with Crippen LogP contribution in [0.2, 0.25) is 0 Å². The Bertz CT molecular complexity index is 1100. The van der Waals surface area contributed by atoms with Crippen LogP contribution in [0.15, 0.2) is 52.1 Å². The van der Waals surface area contributed by atoms with E-state index >= 15 is 0 Å². The van der Waals surface area contributed by atoms with E-state index in [0.717, 1.165) is 41.8 Å². The summed E-state index contributed by atoms with van der Waals surface area (Å²) in [5.74, 6) is 1.19. The van der Waals surface area contributed by atoms with E-state index in [1.165, 1.54) is 23.9 Å².